The molecule has 0 bridgehead atoms. The Bertz CT molecular complexity index is 2480. The van der Waals surface area contributed by atoms with Crippen molar-refractivity contribution in [2.45, 2.75) is 52.4 Å². The van der Waals surface area contributed by atoms with E-state index >= 15 is 0 Å². The number of aryl methyl sites for hydroxylation is 2. The Hall–Kier alpha value is -3.51. The SMILES string of the molecule is CCCCc1cc2c3c(=O)n4c5ccc(I)cc5nc4c3c3cc(CCCC)c4ccc5ccc1c1c5c4c3c21. The van der Waals surface area contributed by atoms with Gasteiger partial charge in [-0.3, -0.25) is 9.20 Å². The number of hydrogen-bond acceptors (Lipinski definition) is 2. The number of imidazole rings is 1. The summed E-state index contributed by atoms with van der Waals surface area (Å²) in [5, 5.41) is 15.0. The molecule has 0 saturated carbocycles. The molecule has 0 aliphatic carbocycles. The van der Waals surface area contributed by atoms with Crippen molar-refractivity contribution in [2.75, 3.05) is 0 Å². The zero-order valence-corrected chi connectivity index (χ0v) is 24.8. The Morgan fingerprint density at radius 3 is 1.90 bits per heavy atom. The van der Waals surface area contributed by atoms with E-state index in [1.54, 1.807) is 0 Å². The Labute approximate surface area is 244 Å². The highest BCUT2D eigenvalue weighted by molar-refractivity contribution is 14.1. The zero-order chi connectivity index (χ0) is 26.9. The molecule has 9 rings (SSSR count). The molecule has 0 spiro atoms. The highest BCUT2D eigenvalue weighted by Gasteiger charge is 2.28. The Morgan fingerprint density at radius 2 is 1.27 bits per heavy atom. The maximum Gasteiger partial charge on any atom is 0.265 e. The first-order valence-electron chi connectivity index (χ1n) is 14.6. The van der Waals surface area contributed by atoms with Gasteiger partial charge in [-0.1, -0.05) is 51.0 Å². The topological polar surface area (TPSA) is 34.4 Å². The quantitative estimate of drug-likeness (QED) is 0.135. The summed E-state index contributed by atoms with van der Waals surface area (Å²) >= 11 is 2.33. The van der Waals surface area contributed by atoms with Crippen LogP contribution in [-0.4, -0.2) is 9.38 Å². The lowest BCUT2D eigenvalue weighted by Crippen LogP contribution is -2.06. The number of fused-ring (bicyclic) bond motifs is 7. The van der Waals surface area contributed by atoms with Crippen LogP contribution in [-0.2, 0) is 12.8 Å². The van der Waals surface area contributed by atoms with E-state index in [2.05, 4.69) is 91.0 Å². The van der Waals surface area contributed by atoms with Crippen LogP contribution in [0.3, 0.4) is 0 Å². The second-order valence-corrected chi connectivity index (χ2v) is 12.9. The third-order valence-electron chi connectivity index (χ3n) is 9.45. The van der Waals surface area contributed by atoms with Crippen molar-refractivity contribution in [3.05, 3.63) is 79.6 Å². The van der Waals surface area contributed by atoms with Gasteiger partial charge in [0.25, 0.3) is 5.56 Å². The highest BCUT2D eigenvalue weighted by atomic mass is 127. The molecule has 194 valence electrons. The van der Waals surface area contributed by atoms with Crippen LogP contribution < -0.4 is 5.56 Å². The van der Waals surface area contributed by atoms with Crippen LogP contribution in [0, 0.1) is 3.57 Å². The summed E-state index contributed by atoms with van der Waals surface area (Å²) < 4.78 is 3.01. The lowest BCUT2D eigenvalue weighted by atomic mass is 9.90. The summed E-state index contributed by atoms with van der Waals surface area (Å²) in [5.41, 5.74) is 5.41. The Kier molecular flexibility index (Phi) is 4.66. The summed E-state index contributed by atoms with van der Waals surface area (Å²) in [4.78, 5) is 19.6. The molecule has 2 heterocycles. The molecule has 40 heavy (non-hydrogen) atoms. The fraction of sp³-hybridized carbons (Fsp3) is 0.222. The van der Waals surface area contributed by atoms with Gasteiger partial charge in [0.15, 0.2) is 0 Å². The van der Waals surface area contributed by atoms with Gasteiger partial charge in [-0.2, -0.15) is 0 Å². The van der Waals surface area contributed by atoms with Crippen molar-refractivity contribution in [2.24, 2.45) is 0 Å². The molecule has 4 heteroatoms. The first-order chi connectivity index (χ1) is 19.6. The molecule has 0 radical (unpaired) electrons. The molecule has 0 amide bonds. The average molecular weight is 631 g/mol. The van der Waals surface area contributed by atoms with Crippen LogP contribution in [0.2, 0.25) is 0 Å². The van der Waals surface area contributed by atoms with Gasteiger partial charge >= 0.3 is 0 Å². The fourth-order valence-electron chi connectivity index (χ4n) is 7.71. The minimum Gasteiger partial charge on any atom is -0.268 e. The maximum absolute atomic E-state index is 14.5. The molecule has 9 aromatic rings. The monoisotopic (exact) mass is 630 g/mol. The summed E-state index contributed by atoms with van der Waals surface area (Å²) in [5.74, 6) is 0. The van der Waals surface area contributed by atoms with E-state index in [-0.39, 0.29) is 5.56 Å². The molecule has 0 fully saturated rings. The minimum atomic E-state index is 0.0646. The van der Waals surface area contributed by atoms with Gasteiger partial charge in [-0.25, -0.2) is 4.98 Å². The van der Waals surface area contributed by atoms with Crippen molar-refractivity contribution in [3.8, 4) is 0 Å². The number of rotatable bonds is 6. The van der Waals surface area contributed by atoms with Crippen LogP contribution in [0.4, 0.5) is 0 Å². The molecule has 0 saturated heterocycles. The van der Waals surface area contributed by atoms with Crippen molar-refractivity contribution < 1.29 is 0 Å². The summed E-state index contributed by atoms with van der Waals surface area (Å²) in [6, 6.07) is 20.3. The second-order valence-electron chi connectivity index (χ2n) is 11.7. The molecule has 0 aliphatic rings. The number of halogens is 1. The first kappa shape index (κ1) is 23.2. The third-order valence-corrected chi connectivity index (χ3v) is 10.1. The van der Waals surface area contributed by atoms with Crippen molar-refractivity contribution >= 4 is 104 Å². The van der Waals surface area contributed by atoms with Crippen LogP contribution in [0.15, 0.2) is 59.4 Å². The van der Waals surface area contributed by atoms with E-state index in [1.807, 2.05) is 4.40 Å². The largest absolute Gasteiger partial charge is 0.268 e. The third kappa shape index (κ3) is 2.71. The van der Waals surface area contributed by atoms with Crippen molar-refractivity contribution in [1.29, 1.82) is 0 Å². The Morgan fingerprint density at radius 1 is 0.675 bits per heavy atom. The van der Waals surface area contributed by atoms with Crippen LogP contribution in [0.25, 0.3) is 81.3 Å². The number of nitrogens with zero attached hydrogens (tertiary/aromatic N) is 2. The molecule has 0 N–H and O–H groups in total. The lowest BCUT2D eigenvalue weighted by Gasteiger charge is -2.12. The predicted molar refractivity (Wildman–Crippen MR) is 179 cm³/mol. The second kappa shape index (κ2) is 8.03. The van der Waals surface area contributed by atoms with E-state index in [0.717, 1.165) is 74.9 Å². The van der Waals surface area contributed by atoms with Gasteiger partial charge < -0.3 is 0 Å². The molecule has 0 aliphatic heterocycles. The molecule has 0 unspecified atom stereocenters. The van der Waals surface area contributed by atoms with Gasteiger partial charge in [-0.05, 0) is 144 Å². The number of benzene rings is 6. The number of unbranched alkanes of at least 4 members (excludes halogenated alkanes) is 2. The number of hydrogen-bond donors (Lipinski definition) is 0. The number of aromatic nitrogens is 2. The maximum atomic E-state index is 14.5. The minimum absolute atomic E-state index is 0.0646. The molecule has 3 nitrogen and oxygen atoms in total. The average Bonchev–Trinajstić information content (AvgIpc) is 3.61. The first-order valence-corrected chi connectivity index (χ1v) is 15.7. The van der Waals surface area contributed by atoms with Gasteiger partial charge in [0.1, 0.15) is 5.65 Å². The van der Waals surface area contributed by atoms with E-state index in [9.17, 15) is 4.79 Å². The van der Waals surface area contributed by atoms with Crippen LogP contribution in [0.5, 0.6) is 0 Å². The highest BCUT2D eigenvalue weighted by Crippen LogP contribution is 2.52. The van der Waals surface area contributed by atoms with Crippen LogP contribution in [0.1, 0.15) is 50.7 Å². The van der Waals surface area contributed by atoms with Gasteiger partial charge in [0, 0.05) is 8.96 Å². The standard InChI is InChI=1S/C36H27IN2O/c1-3-5-7-19-15-24-31-29-22(19)12-9-18-10-13-23-20(8-6-4-2)16-25(32(31)30(23)28(18)29)34-33(24)35-38-26-17-21(37)11-14-27(26)39(35)36(34)40/h9-17H,3-8H2,1-2H3. The van der Waals surface area contributed by atoms with Crippen molar-refractivity contribution in [1.82, 2.24) is 9.38 Å². The van der Waals surface area contributed by atoms with E-state index in [4.69, 9.17) is 4.98 Å². The fourth-order valence-corrected chi connectivity index (χ4v) is 8.19. The van der Waals surface area contributed by atoms with E-state index < -0.39 is 0 Å². The van der Waals surface area contributed by atoms with Crippen LogP contribution >= 0.6 is 22.6 Å². The molecule has 0 atom stereocenters. The van der Waals surface area contributed by atoms with Gasteiger partial charge in [-0.15, -0.1) is 0 Å². The molecule has 7 aromatic carbocycles. The lowest BCUT2D eigenvalue weighted by molar-refractivity contribution is 0.799. The Balaban J connectivity index is 1.62. The van der Waals surface area contributed by atoms with E-state index in [1.165, 1.54) is 59.6 Å². The smallest absolute Gasteiger partial charge is 0.265 e. The summed E-state index contributed by atoms with van der Waals surface area (Å²) in [6.07, 6.45) is 6.65. The predicted octanol–water partition coefficient (Wildman–Crippen LogP) is 9.81. The molecule has 2 aromatic heterocycles. The molecular formula is C36H27IN2O. The van der Waals surface area contributed by atoms with Crippen molar-refractivity contribution in [3.63, 3.8) is 0 Å². The normalized spacial score (nSPS) is 13.1. The zero-order valence-electron chi connectivity index (χ0n) is 22.6. The summed E-state index contributed by atoms with van der Waals surface area (Å²) in [6.45, 7) is 4.52. The van der Waals surface area contributed by atoms with E-state index in [0.29, 0.717) is 0 Å². The summed E-state index contributed by atoms with van der Waals surface area (Å²) in [7, 11) is 0. The molecular weight excluding hydrogens is 603 g/mol. The van der Waals surface area contributed by atoms with Gasteiger partial charge in [0.05, 0.1) is 16.4 Å². The van der Waals surface area contributed by atoms with Gasteiger partial charge in [0.2, 0.25) is 0 Å².